The third kappa shape index (κ3) is 2.56. The average molecular weight is 250 g/mol. The smallest absolute Gasteiger partial charge is 0.258 e. The summed E-state index contributed by atoms with van der Waals surface area (Å²) in [5, 5.41) is 9.79. The summed E-state index contributed by atoms with van der Waals surface area (Å²) >= 11 is 0. The van der Waals surface area contributed by atoms with Crippen molar-refractivity contribution in [2.24, 2.45) is 5.73 Å². The van der Waals surface area contributed by atoms with Crippen LogP contribution in [0.1, 0.15) is 23.2 Å². The van der Waals surface area contributed by atoms with Gasteiger partial charge in [-0.05, 0) is 31.0 Å². The number of rotatable bonds is 5. The number of ether oxygens (including phenoxy) is 1. The van der Waals surface area contributed by atoms with E-state index >= 15 is 0 Å². The van der Waals surface area contributed by atoms with Crippen molar-refractivity contribution in [2.75, 3.05) is 20.2 Å². The zero-order chi connectivity index (χ0) is 13.1. The van der Waals surface area contributed by atoms with Crippen molar-refractivity contribution in [1.82, 2.24) is 4.90 Å². The van der Waals surface area contributed by atoms with Gasteiger partial charge in [0.1, 0.15) is 11.5 Å². The number of nitrogens with two attached hydrogens (primary N) is 1. The van der Waals surface area contributed by atoms with E-state index in [1.807, 2.05) is 0 Å². The summed E-state index contributed by atoms with van der Waals surface area (Å²) in [6.07, 6.45) is 2.02. The highest BCUT2D eigenvalue weighted by Gasteiger charge is 2.33. The van der Waals surface area contributed by atoms with Gasteiger partial charge in [-0.2, -0.15) is 0 Å². The predicted molar refractivity (Wildman–Crippen MR) is 67.8 cm³/mol. The summed E-state index contributed by atoms with van der Waals surface area (Å²) < 4.78 is 5.07. The Morgan fingerprint density at radius 2 is 2.28 bits per heavy atom. The van der Waals surface area contributed by atoms with Gasteiger partial charge >= 0.3 is 0 Å². The van der Waals surface area contributed by atoms with Crippen LogP contribution in [0.25, 0.3) is 0 Å². The lowest BCUT2D eigenvalue weighted by molar-refractivity contribution is 0.0744. The molecule has 1 aromatic rings. The maximum atomic E-state index is 12.4. The van der Waals surface area contributed by atoms with Gasteiger partial charge in [-0.15, -0.1) is 0 Å². The highest BCUT2D eigenvalue weighted by atomic mass is 16.5. The lowest BCUT2D eigenvalue weighted by atomic mass is 10.1. The predicted octanol–water partition coefficient (Wildman–Crippen LogP) is 0.964. The Morgan fingerprint density at radius 3 is 2.83 bits per heavy atom. The Morgan fingerprint density at radius 1 is 1.56 bits per heavy atom. The maximum Gasteiger partial charge on any atom is 0.258 e. The molecule has 1 aromatic carbocycles. The van der Waals surface area contributed by atoms with E-state index in [4.69, 9.17) is 10.5 Å². The third-order valence-corrected chi connectivity index (χ3v) is 3.05. The van der Waals surface area contributed by atoms with E-state index in [-0.39, 0.29) is 23.3 Å². The van der Waals surface area contributed by atoms with Crippen molar-refractivity contribution < 1.29 is 14.6 Å². The molecule has 0 aromatic heterocycles. The van der Waals surface area contributed by atoms with Crippen molar-refractivity contribution in [1.29, 1.82) is 0 Å². The number of phenols is 1. The molecule has 0 spiro atoms. The number of hydrogen-bond acceptors (Lipinski definition) is 4. The molecule has 1 aliphatic carbocycles. The summed E-state index contributed by atoms with van der Waals surface area (Å²) in [5.74, 6) is 0.350. The van der Waals surface area contributed by atoms with Crippen LogP contribution in [0.15, 0.2) is 18.2 Å². The molecule has 0 heterocycles. The first-order valence-corrected chi connectivity index (χ1v) is 6.05. The number of methoxy groups -OCH3 is 1. The highest BCUT2D eigenvalue weighted by Crippen LogP contribution is 2.31. The van der Waals surface area contributed by atoms with Crippen LogP contribution in [0, 0.1) is 0 Å². The van der Waals surface area contributed by atoms with Crippen LogP contribution in [0.5, 0.6) is 11.5 Å². The summed E-state index contributed by atoms with van der Waals surface area (Å²) in [4.78, 5) is 14.1. The van der Waals surface area contributed by atoms with Gasteiger partial charge < -0.3 is 20.5 Å². The Labute approximate surface area is 106 Å². The van der Waals surface area contributed by atoms with Crippen LogP contribution >= 0.6 is 0 Å². The monoisotopic (exact) mass is 250 g/mol. The van der Waals surface area contributed by atoms with E-state index in [1.54, 1.807) is 17.0 Å². The lowest BCUT2D eigenvalue weighted by Crippen LogP contribution is -2.37. The zero-order valence-electron chi connectivity index (χ0n) is 10.4. The SMILES string of the molecule is COc1ccc(O)c(C(=O)N(CCN)C2CC2)c1. The van der Waals surface area contributed by atoms with Gasteiger partial charge in [0, 0.05) is 19.1 Å². The molecule has 1 aliphatic rings. The average Bonchev–Trinajstić information content (AvgIpc) is 3.20. The van der Waals surface area contributed by atoms with E-state index in [0.29, 0.717) is 18.8 Å². The molecule has 1 amide bonds. The van der Waals surface area contributed by atoms with E-state index in [0.717, 1.165) is 12.8 Å². The van der Waals surface area contributed by atoms with Gasteiger partial charge in [0.05, 0.1) is 12.7 Å². The van der Waals surface area contributed by atoms with Crippen LogP contribution < -0.4 is 10.5 Å². The first kappa shape index (κ1) is 12.7. The van der Waals surface area contributed by atoms with E-state index < -0.39 is 0 Å². The number of amides is 1. The Kier molecular flexibility index (Phi) is 3.72. The minimum atomic E-state index is -0.181. The normalized spacial score (nSPS) is 14.3. The van der Waals surface area contributed by atoms with Crippen molar-refractivity contribution in [3.8, 4) is 11.5 Å². The van der Waals surface area contributed by atoms with Gasteiger partial charge in [0.25, 0.3) is 5.91 Å². The molecule has 0 atom stereocenters. The molecule has 0 radical (unpaired) electrons. The van der Waals surface area contributed by atoms with E-state index in [1.165, 1.54) is 13.2 Å². The van der Waals surface area contributed by atoms with Crippen LogP contribution in [-0.4, -0.2) is 42.2 Å². The Balaban J connectivity index is 2.25. The number of benzene rings is 1. The summed E-state index contributed by atoms with van der Waals surface area (Å²) in [5.41, 5.74) is 5.80. The van der Waals surface area contributed by atoms with Crippen molar-refractivity contribution in [2.45, 2.75) is 18.9 Å². The van der Waals surface area contributed by atoms with Gasteiger partial charge in [0.15, 0.2) is 0 Å². The molecule has 3 N–H and O–H groups in total. The number of carbonyl (C=O) groups excluding carboxylic acids is 1. The highest BCUT2D eigenvalue weighted by molar-refractivity contribution is 5.97. The van der Waals surface area contributed by atoms with Crippen LogP contribution in [0.2, 0.25) is 0 Å². The number of nitrogens with zero attached hydrogens (tertiary/aromatic N) is 1. The lowest BCUT2D eigenvalue weighted by Gasteiger charge is -2.22. The maximum absolute atomic E-state index is 12.4. The Bertz CT molecular complexity index is 444. The fourth-order valence-corrected chi connectivity index (χ4v) is 1.94. The molecule has 0 unspecified atom stereocenters. The Hall–Kier alpha value is -1.75. The van der Waals surface area contributed by atoms with Crippen molar-refractivity contribution in [3.05, 3.63) is 23.8 Å². The third-order valence-electron chi connectivity index (χ3n) is 3.05. The molecule has 0 bridgehead atoms. The van der Waals surface area contributed by atoms with E-state index in [9.17, 15) is 9.90 Å². The fourth-order valence-electron chi connectivity index (χ4n) is 1.94. The van der Waals surface area contributed by atoms with Gasteiger partial charge in [-0.1, -0.05) is 0 Å². The second kappa shape index (κ2) is 5.27. The zero-order valence-corrected chi connectivity index (χ0v) is 10.4. The molecule has 1 fully saturated rings. The minimum absolute atomic E-state index is 0.0246. The second-order valence-electron chi connectivity index (χ2n) is 4.40. The molecule has 0 saturated heterocycles. The summed E-state index contributed by atoms with van der Waals surface area (Å²) in [6.45, 7) is 0.938. The fraction of sp³-hybridized carbons (Fsp3) is 0.462. The molecular formula is C13H18N2O3. The van der Waals surface area contributed by atoms with Crippen molar-refractivity contribution >= 4 is 5.91 Å². The number of carbonyl (C=O) groups is 1. The quantitative estimate of drug-likeness (QED) is 0.816. The number of aromatic hydroxyl groups is 1. The number of phenolic OH excluding ortho intramolecular Hbond substituents is 1. The first-order valence-electron chi connectivity index (χ1n) is 6.05. The summed E-state index contributed by atoms with van der Waals surface area (Å²) in [7, 11) is 1.53. The molecule has 18 heavy (non-hydrogen) atoms. The minimum Gasteiger partial charge on any atom is -0.507 e. The van der Waals surface area contributed by atoms with Crippen LogP contribution in [-0.2, 0) is 0 Å². The topological polar surface area (TPSA) is 75.8 Å². The van der Waals surface area contributed by atoms with Gasteiger partial charge in [-0.25, -0.2) is 0 Å². The molecule has 5 nitrogen and oxygen atoms in total. The molecule has 2 rings (SSSR count). The molecular weight excluding hydrogens is 232 g/mol. The van der Waals surface area contributed by atoms with E-state index in [2.05, 4.69) is 0 Å². The van der Waals surface area contributed by atoms with Crippen LogP contribution in [0.3, 0.4) is 0 Å². The first-order chi connectivity index (χ1) is 8.67. The molecule has 1 saturated carbocycles. The molecule has 0 aliphatic heterocycles. The largest absolute Gasteiger partial charge is 0.507 e. The second-order valence-corrected chi connectivity index (χ2v) is 4.40. The molecule has 5 heteroatoms. The number of hydrogen-bond donors (Lipinski definition) is 2. The van der Waals surface area contributed by atoms with Crippen molar-refractivity contribution in [3.63, 3.8) is 0 Å². The molecule has 98 valence electrons. The summed E-state index contributed by atoms with van der Waals surface area (Å²) in [6, 6.07) is 4.92. The van der Waals surface area contributed by atoms with Crippen LogP contribution in [0.4, 0.5) is 0 Å². The van der Waals surface area contributed by atoms with Gasteiger partial charge in [0.2, 0.25) is 0 Å². The standard InChI is InChI=1S/C13H18N2O3/c1-18-10-4-5-12(16)11(8-10)13(17)15(7-6-14)9-2-3-9/h4-5,8-9,16H,2-3,6-7,14H2,1H3. The van der Waals surface area contributed by atoms with Gasteiger partial charge in [-0.3, -0.25) is 4.79 Å².